The van der Waals surface area contributed by atoms with E-state index in [0.29, 0.717) is 17.6 Å². The van der Waals surface area contributed by atoms with Crippen molar-refractivity contribution >= 4 is 68.8 Å². The highest BCUT2D eigenvalue weighted by molar-refractivity contribution is 8.07. The van der Waals surface area contributed by atoms with Crippen LogP contribution in [0.2, 0.25) is 18.1 Å². The van der Waals surface area contributed by atoms with Crippen LogP contribution >= 0.6 is 14.5 Å². The van der Waals surface area contributed by atoms with Gasteiger partial charge in [-0.3, -0.25) is 23.4 Å². The van der Waals surface area contributed by atoms with E-state index in [-0.39, 0.29) is 33.9 Å². The standard InChI is InChI=1S/C28H39FN10O10P2SSi/c1-27(2,3)53(4,5)49-19-17(38-10-34-15-21(30)32-9-33-22(15)38)12-6-28(12)8-45-50(41,42)47-18-14(29)13(7-44-51(43,52)48-20(19)28)46-25(18)39-11-35-16-23(39)36-26(31)37-24(16)40/h9-14,17-20,25H,6-8H2,1-5H3,(H,41,42)(H,43,52)(H2,30,32,33)(H3,31,36,37,40)/t12-,13-,14-,17-,18-,19?,20+,25-,28?,51?/m1/s1. The Morgan fingerprint density at radius 1 is 1.09 bits per heavy atom. The summed E-state index contributed by atoms with van der Waals surface area (Å²) >= 11 is 5.54. The van der Waals surface area contributed by atoms with Gasteiger partial charge in [-0.05, 0) is 42.3 Å². The highest BCUT2D eigenvalue weighted by Crippen LogP contribution is 2.73. The first-order valence-corrected chi connectivity index (χ1v) is 23.7. The number of nitrogen functional groups attached to an aromatic ring is 2. The number of imidazole rings is 2. The molecule has 0 aromatic carbocycles. The summed E-state index contributed by atoms with van der Waals surface area (Å²) in [5.41, 5.74) is 10.7. The average molecular weight is 817 g/mol. The molecule has 4 unspecified atom stereocenters. The summed E-state index contributed by atoms with van der Waals surface area (Å²) in [6.07, 6.45) is -4.43. The normalized spacial score (nSPS) is 37.9. The number of H-pyrrole nitrogens is 1. The van der Waals surface area contributed by atoms with Crippen molar-refractivity contribution in [1.29, 1.82) is 0 Å². The van der Waals surface area contributed by atoms with Crippen LogP contribution < -0.4 is 17.0 Å². The molecule has 288 valence electrons. The van der Waals surface area contributed by atoms with Gasteiger partial charge in [0.2, 0.25) is 5.95 Å². The predicted octanol–water partition coefficient (Wildman–Crippen LogP) is 2.45. The van der Waals surface area contributed by atoms with E-state index >= 15 is 4.39 Å². The minimum absolute atomic E-state index is 0.101. The van der Waals surface area contributed by atoms with Crippen LogP contribution in [0.3, 0.4) is 0 Å². The fourth-order valence-corrected chi connectivity index (χ4v) is 11.2. The summed E-state index contributed by atoms with van der Waals surface area (Å²) in [6.45, 7) is 4.99. The van der Waals surface area contributed by atoms with Crippen molar-refractivity contribution in [3.63, 3.8) is 0 Å². The minimum atomic E-state index is -5.10. The van der Waals surface area contributed by atoms with Gasteiger partial charge in [-0.15, -0.1) is 0 Å². The van der Waals surface area contributed by atoms with Crippen LogP contribution in [0.5, 0.6) is 0 Å². The number of phosphoric ester groups is 1. The highest BCUT2D eigenvalue weighted by Gasteiger charge is 2.75. The van der Waals surface area contributed by atoms with Crippen molar-refractivity contribution in [1.82, 2.24) is 39.0 Å². The second-order valence-corrected chi connectivity index (χ2v) is 24.3. The monoisotopic (exact) mass is 816 g/mol. The second-order valence-electron chi connectivity index (χ2n) is 15.3. The zero-order valence-electron chi connectivity index (χ0n) is 29.1. The Hall–Kier alpha value is -2.79. The molecule has 0 amide bonds. The molecule has 6 heterocycles. The zero-order chi connectivity index (χ0) is 38.0. The van der Waals surface area contributed by atoms with E-state index in [1.165, 1.54) is 6.33 Å². The number of rotatable bonds is 4. The molecule has 4 aromatic heterocycles. The van der Waals surface area contributed by atoms with E-state index in [9.17, 15) is 19.1 Å². The second kappa shape index (κ2) is 12.4. The molecule has 25 heteroatoms. The van der Waals surface area contributed by atoms with E-state index in [1.807, 2.05) is 4.57 Å². The smallest absolute Gasteiger partial charge is 0.409 e. The van der Waals surface area contributed by atoms with Crippen LogP contribution in [0.1, 0.15) is 39.5 Å². The molecule has 4 fully saturated rings. The lowest BCUT2D eigenvalue weighted by Crippen LogP contribution is -2.50. The van der Waals surface area contributed by atoms with E-state index in [1.54, 1.807) is 6.33 Å². The molecular weight excluding hydrogens is 777 g/mol. The molecule has 2 saturated heterocycles. The molecule has 1 spiro atoms. The topological polar surface area (TPSA) is 272 Å². The van der Waals surface area contributed by atoms with Crippen molar-refractivity contribution in [3.05, 3.63) is 29.3 Å². The fourth-order valence-electron chi connectivity index (χ4n) is 7.40. The van der Waals surface area contributed by atoms with Crippen LogP contribution in [0.25, 0.3) is 22.3 Å². The third kappa shape index (κ3) is 6.18. The number of halogens is 1. The molecule has 4 aromatic rings. The Morgan fingerprint density at radius 3 is 2.55 bits per heavy atom. The number of anilines is 2. The number of alkyl halides is 1. The maximum atomic E-state index is 16.2. The number of phosphoric acid groups is 1. The molecule has 7 N–H and O–H groups in total. The van der Waals surface area contributed by atoms with Gasteiger partial charge in [0.05, 0.1) is 38.0 Å². The van der Waals surface area contributed by atoms with Crippen LogP contribution in [0, 0.1) is 11.3 Å². The molecule has 20 nitrogen and oxygen atoms in total. The van der Waals surface area contributed by atoms with Crippen molar-refractivity contribution in [2.24, 2.45) is 11.3 Å². The Morgan fingerprint density at radius 2 is 1.81 bits per heavy atom. The number of fused-ring (bicyclic) bond motifs is 4. The number of ether oxygens (including phenoxy) is 1. The summed E-state index contributed by atoms with van der Waals surface area (Å²) in [5, 5.41) is -0.274. The lowest BCUT2D eigenvalue weighted by molar-refractivity contribution is -0.0598. The van der Waals surface area contributed by atoms with Gasteiger partial charge < -0.3 is 44.0 Å². The van der Waals surface area contributed by atoms with E-state index in [0.717, 1.165) is 10.9 Å². The van der Waals surface area contributed by atoms with Crippen LogP contribution in [-0.4, -0.2) is 101 Å². The van der Waals surface area contributed by atoms with Crippen LogP contribution in [-0.2, 0) is 43.6 Å². The van der Waals surface area contributed by atoms with Gasteiger partial charge in [-0.25, -0.2) is 28.9 Å². The maximum absolute atomic E-state index is 16.2. The molecule has 2 saturated carbocycles. The Kier molecular flexibility index (Phi) is 8.66. The third-order valence-electron chi connectivity index (χ3n) is 11.1. The lowest BCUT2D eigenvalue weighted by Gasteiger charge is -2.43. The summed E-state index contributed by atoms with van der Waals surface area (Å²) in [5.74, 6) is -0.426. The van der Waals surface area contributed by atoms with E-state index in [2.05, 4.69) is 63.8 Å². The quantitative estimate of drug-likeness (QED) is 0.146. The Balaban J connectivity index is 1.19. The highest BCUT2D eigenvalue weighted by atomic mass is 32.5. The van der Waals surface area contributed by atoms with Crippen molar-refractivity contribution in [3.8, 4) is 0 Å². The summed E-state index contributed by atoms with van der Waals surface area (Å²) < 4.78 is 69.3. The van der Waals surface area contributed by atoms with Gasteiger partial charge in [-0.1, -0.05) is 20.8 Å². The lowest BCUT2D eigenvalue weighted by atomic mass is 10.0. The van der Waals surface area contributed by atoms with E-state index in [4.69, 9.17) is 50.5 Å². The number of hydrogen-bond acceptors (Lipinski definition) is 16. The van der Waals surface area contributed by atoms with Gasteiger partial charge in [0.25, 0.3) is 5.56 Å². The van der Waals surface area contributed by atoms with Crippen LogP contribution in [0.15, 0.2) is 23.8 Å². The first-order valence-electron chi connectivity index (χ1n) is 16.7. The van der Waals surface area contributed by atoms with Gasteiger partial charge >= 0.3 is 14.5 Å². The van der Waals surface area contributed by atoms with Crippen molar-refractivity contribution in [2.45, 2.75) is 88.2 Å². The molecular formula is C28H39FN10O10P2SSi. The number of nitrogens with zero attached hydrogens (tertiary/aromatic N) is 7. The number of nitrogens with two attached hydrogens (primary N) is 2. The molecule has 2 aliphatic heterocycles. The average Bonchev–Trinajstić information content (AvgIpc) is 3.32. The van der Waals surface area contributed by atoms with Crippen molar-refractivity contribution in [2.75, 3.05) is 24.7 Å². The molecule has 11 atom stereocenters. The zero-order valence-corrected chi connectivity index (χ0v) is 32.7. The summed E-state index contributed by atoms with van der Waals surface area (Å²) in [6, 6.07) is -0.546. The molecule has 8 rings (SSSR count). The number of aromatic amines is 1. The number of aromatic nitrogens is 8. The first-order chi connectivity index (χ1) is 24.7. The molecule has 53 heavy (non-hydrogen) atoms. The maximum Gasteiger partial charge on any atom is 0.472 e. The summed E-state index contributed by atoms with van der Waals surface area (Å²) in [4.78, 5) is 58.7. The minimum Gasteiger partial charge on any atom is -0.409 e. The number of hydrogen-bond donors (Lipinski definition) is 5. The van der Waals surface area contributed by atoms with Gasteiger partial charge in [0, 0.05) is 5.41 Å². The first kappa shape index (κ1) is 37.1. The molecule has 4 aliphatic rings. The fraction of sp³-hybridized carbons (Fsp3) is 0.643. The van der Waals surface area contributed by atoms with E-state index < -0.39 is 89.9 Å². The number of nitrogens with one attached hydrogen (secondary N) is 1. The van der Waals surface area contributed by atoms with Gasteiger partial charge in [0.15, 0.2) is 43.3 Å². The van der Waals surface area contributed by atoms with Crippen molar-refractivity contribution < 1.29 is 46.0 Å². The molecule has 0 radical (unpaired) electrons. The SMILES string of the molecule is CC(C)(C)[Si](C)(C)OC1[C@H](n2cnc3c(N)ncnc32)[C@H]2CC23COP(=O)(O)O[C@@H]2[C@H](F)[C@@H](COP(O)(=S)O[C@@H]13)O[C@H]2n1cnc2c(=O)[nH]c(N)nc21. The summed E-state index contributed by atoms with van der Waals surface area (Å²) in [7, 11) is -7.72. The van der Waals surface area contributed by atoms with Gasteiger partial charge in [-0.2, -0.15) is 4.98 Å². The largest absolute Gasteiger partial charge is 0.472 e. The molecule has 2 aliphatic carbocycles. The predicted molar refractivity (Wildman–Crippen MR) is 191 cm³/mol. The third-order valence-corrected chi connectivity index (χ3v) is 18.1. The Bertz CT molecular complexity index is 2270. The van der Waals surface area contributed by atoms with Crippen LogP contribution in [0.4, 0.5) is 16.2 Å². The van der Waals surface area contributed by atoms with Gasteiger partial charge in [0.1, 0.15) is 30.2 Å². The molecule has 2 bridgehead atoms. The Labute approximate surface area is 306 Å².